The number of hydrogen-bond acceptors (Lipinski definition) is 7. The molecule has 0 aliphatic rings. The molecule has 0 saturated heterocycles. The van der Waals surface area contributed by atoms with E-state index in [9.17, 15) is 23.8 Å². The van der Waals surface area contributed by atoms with Crippen molar-refractivity contribution in [1.29, 1.82) is 0 Å². The number of thiophene rings is 1. The van der Waals surface area contributed by atoms with Crippen LogP contribution in [0, 0.1) is 5.92 Å². The van der Waals surface area contributed by atoms with Crippen molar-refractivity contribution >= 4 is 36.7 Å². The maximum absolute atomic E-state index is 14.0. The lowest BCUT2D eigenvalue weighted by molar-refractivity contribution is -0.144. The highest BCUT2D eigenvalue weighted by Crippen LogP contribution is 2.55. The van der Waals surface area contributed by atoms with E-state index in [0.29, 0.717) is 5.56 Å². The lowest BCUT2D eigenvalue weighted by Gasteiger charge is -2.29. The molecule has 0 bridgehead atoms. The number of ether oxygens (including phenoxy) is 2. The van der Waals surface area contributed by atoms with Gasteiger partial charge in [-0.2, -0.15) is 11.3 Å². The molecule has 0 aliphatic carbocycles. The topological polar surface area (TPSA) is 131 Å². The zero-order valence-corrected chi connectivity index (χ0v) is 25.5. The summed E-state index contributed by atoms with van der Waals surface area (Å²) in [5.41, 5.74) is 2.42. The van der Waals surface area contributed by atoms with Crippen LogP contribution in [-0.4, -0.2) is 47.8 Å². The number of amides is 2. The molecule has 11 heteroatoms. The van der Waals surface area contributed by atoms with E-state index in [-0.39, 0.29) is 6.42 Å². The Morgan fingerprint density at radius 1 is 0.976 bits per heavy atom. The van der Waals surface area contributed by atoms with E-state index in [1.54, 1.807) is 62.4 Å². The van der Waals surface area contributed by atoms with Gasteiger partial charge < -0.3 is 25.0 Å². The molecule has 2 aromatic carbocycles. The molecule has 0 fully saturated rings. The summed E-state index contributed by atoms with van der Waals surface area (Å²) < 4.78 is 24.1. The second-order valence-corrected chi connectivity index (χ2v) is 13.9. The Labute approximate surface area is 244 Å². The summed E-state index contributed by atoms with van der Waals surface area (Å²) in [6.45, 7) is 6.55. The van der Waals surface area contributed by atoms with Gasteiger partial charge in [0, 0.05) is 6.16 Å². The van der Waals surface area contributed by atoms with Crippen LogP contribution in [0.3, 0.4) is 0 Å². The Bertz CT molecular complexity index is 1360. The van der Waals surface area contributed by atoms with Gasteiger partial charge in [0.2, 0.25) is 13.3 Å². The SMILES string of the molecule is COC(=O)[C@H](C)NC(=O)[C@H](Cc1ccc(-c2ccsc2)cc1)CP(=O)(O)[C@@H](NC(=O)OC(C)(C)C)c1ccccc1. The van der Waals surface area contributed by atoms with Crippen LogP contribution in [-0.2, 0) is 30.0 Å². The fourth-order valence-corrected chi connectivity index (χ4v) is 6.99. The monoisotopic (exact) mass is 600 g/mol. The van der Waals surface area contributed by atoms with Crippen LogP contribution in [0.25, 0.3) is 11.1 Å². The number of hydrogen-bond donors (Lipinski definition) is 3. The summed E-state index contributed by atoms with van der Waals surface area (Å²) in [4.78, 5) is 49.5. The minimum atomic E-state index is -4.30. The van der Waals surface area contributed by atoms with Crippen LogP contribution in [0.2, 0.25) is 0 Å². The quantitative estimate of drug-likeness (QED) is 0.189. The molecule has 3 aromatic rings. The van der Waals surface area contributed by atoms with Crippen molar-refractivity contribution in [2.45, 2.75) is 51.5 Å². The van der Waals surface area contributed by atoms with Crippen molar-refractivity contribution in [3.05, 3.63) is 82.6 Å². The van der Waals surface area contributed by atoms with Crippen LogP contribution in [0.4, 0.5) is 4.79 Å². The molecule has 2 amide bonds. The molecule has 3 N–H and O–H groups in total. The summed E-state index contributed by atoms with van der Waals surface area (Å²) in [7, 11) is -3.09. The van der Waals surface area contributed by atoms with Crippen LogP contribution in [0.15, 0.2) is 71.4 Å². The molecule has 0 aliphatic heterocycles. The highest BCUT2D eigenvalue weighted by atomic mass is 32.1. The van der Waals surface area contributed by atoms with Gasteiger partial charge in [0.15, 0.2) is 0 Å². The van der Waals surface area contributed by atoms with Gasteiger partial charge in [0.25, 0.3) is 0 Å². The number of methoxy groups -OCH3 is 1. The van der Waals surface area contributed by atoms with Crippen LogP contribution in [0.1, 0.15) is 44.6 Å². The van der Waals surface area contributed by atoms with Crippen LogP contribution < -0.4 is 10.6 Å². The molecular formula is C30H37N2O7PS. The molecule has 9 nitrogen and oxygen atoms in total. The lowest BCUT2D eigenvalue weighted by atomic mass is 9.98. The molecule has 1 unspecified atom stereocenters. The van der Waals surface area contributed by atoms with Gasteiger partial charge >= 0.3 is 12.1 Å². The first-order valence-corrected chi connectivity index (χ1v) is 16.0. The molecule has 1 aromatic heterocycles. The maximum atomic E-state index is 14.0. The number of carbonyl (C=O) groups is 3. The predicted molar refractivity (Wildman–Crippen MR) is 160 cm³/mol. The zero-order chi connectivity index (χ0) is 30.2. The maximum Gasteiger partial charge on any atom is 0.408 e. The summed E-state index contributed by atoms with van der Waals surface area (Å²) in [5, 5.41) is 9.17. The molecule has 41 heavy (non-hydrogen) atoms. The second-order valence-electron chi connectivity index (χ2n) is 10.8. The van der Waals surface area contributed by atoms with Gasteiger partial charge in [-0.25, -0.2) is 9.59 Å². The van der Waals surface area contributed by atoms with Gasteiger partial charge in [-0.3, -0.25) is 9.36 Å². The fourth-order valence-electron chi connectivity index (χ4n) is 4.25. The smallest absolute Gasteiger partial charge is 0.408 e. The summed E-state index contributed by atoms with van der Waals surface area (Å²) in [5.74, 6) is -3.55. The average Bonchev–Trinajstić information content (AvgIpc) is 3.45. The van der Waals surface area contributed by atoms with E-state index >= 15 is 0 Å². The van der Waals surface area contributed by atoms with Crippen molar-refractivity contribution in [3.8, 4) is 11.1 Å². The average molecular weight is 601 g/mol. The number of benzene rings is 2. The minimum Gasteiger partial charge on any atom is -0.467 e. The van der Waals surface area contributed by atoms with E-state index in [1.165, 1.54) is 14.0 Å². The Morgan fingerprint density at radius 3 is 2.20 bits per heavy atom. The van der Waals surface area contributed by atoms with Crippen LogP contribution in [0.5, 0.6) is 0 Å². The van der Waals surface area contributed by atoms with E-state index < -0.39 is 54.8 Å². The standard InChI is InChI=1S/C30H37N2O7PS/c1-20(28(34)38-5)31-26(33)25(17-21-11-13-22(14-12-21)24-15-16-41-19-24)18-40(36,37)27(23-9-7-6-8-10-23)32-29(35)39-30(2,3)4/h6-16,19-20,25,27H,17-18H2,1-5H3,(H,31,33)(H,32,35)(H,36,37)/t20-,25+,27+/m0/s1. The van der Waals surface area contributed by atoms with E-state index in [2.05, 4.69) is 10.6 Å². The number of alkyl carbamates (subject to hydrolysis) is 1. The first-order chi connectivity index (χ1) is 19.3. The van der Waals surface area contributed by atoms with E-state index in [0.717, 1.165) is 16.7 Å². The fraction of sp³-hybridized carbons (Fsp3) is 0.367. The number of nitrogens with one attached hydrogen (secondary N) is 2. The Kier molecular flexibility index (Phi) is 10.9. The molecule has 3 rings (SSSR count). The molecule has 220 valence electrons. The van der Waals surface area contributed by atoms with Crippen molar-refractivity contribution in [2.24, 2.45) is 5.92 Å². The minimum absolute atomic E-state index is 0.127. The summed E-state index contributed by atoms with van der Waals surface area (Å²) in [6.07, 6.45) is -1.19. The van der Waals surface area contributed by atoms with Crippen LogP contribution >= 0.6 is 18.7 Å². The first kappa shape index (κ1) is 32.1. The lowest BCUT2D eigenvalue weighted by Crippen LogP contribution is -2.44. The third-order valence-corrected chi connectivity index (χ3v) is 9.11. The number of esters is 1. The van der Waals surface area contributed by atoms with Gasteiger partial charge in [-0.15, -0.1) is 0 Å². The second kappa shape index (κ2) is 13.9. The number of rotatable bonds is 11. The molecular weight excluding hydrogens is 563 g/mol. The van der Waals surface area contributed by atoms with Gasteiger partial charge in [-0.05, 0) is 73.2 Å². The highest BCUT2D eigenvalue weighted by molar-refractivity contribution is 7.58. The van der Waals surface area contributed by atoms with Crippen molar-refractivity contribution in [3.63, 3.8) is 0 Å². The predicted octanol–water partition coefficient (Wildman–Crippen LogP) is 5.75. The first-order valence-electron chi connectivity index (χ1n) is 13.1. The van der Waals surface area contributed by atoms with E-state index in [4.69, 9.17) is 9.47 Å². The summed E-state index contributed by atoms with van der Waals surface area (Å²) in [6, 6.07) is 17.0. The molecule has 0 radical (unpaired) electrons. The summed E-state index contributed by atoms with van der Waals surface area (Å²) >= 11 is 1.59. The Morgan fingerprint density at radius 2 is 1.63 bits per heavy atom. The Hall–Kier alpha value is -3.46. The largest absolute Gasteiger partial charge is 0.467 e. The highest BCUT2D eigenvalue weighted by Gasteiger charge is 2.39. The third kappa shape index (κ3) is 9.56. The van der Waals surface area contributed by atoms with Gasteiger partial charge in [-0.1, -0.05) is 54.6 Å². The van der Waals surface area contributed by atoms with Crippen molar-refractivity contribution in [1.82, 2.24) is 10.6 Å². The number of carbonyl (C=O) groups excluding carboxylic acids is 3. The van der Waals surface area contributed by atoms with Gasteiger partial charge in [0.1, 0.15) is 17.4 Å². The zero-order valence-electron chi connectivity index (χ0n) is 23.8. The van der Waals surface area contributed by atoms with E-state index in [1.807, 2.05) is 41.1 Å². The molecule has 4 atom stereocenters. The normalized spacial score (nSPS) is 15.1. The van der Waals surface area contributed by atoms with Crippen molar-refractivity contribution < 1.29 is 33.3 Å². The van der Waals surface area contributed by atoms with Gasteiger partial charge in [0.05, 0.1) is 13.0 Å². The van der Waals surface area contributed by atoms with Crippen molar-refractivity contribution in [2.75, 3.05) is 13.3 Å². The molecule has 0 saturated carbocycles. The molecule has 0 spiro atoms. The Balaban J connectivity index is 1.91. The molecule has 1 heterocycles. The third-order valence-electron chi connectivity index (χ3n) is 6.23.